The van der Waals surface area contributed by atoms with Gasteiger partial charge in [0.25, 0.3) is 0 Å². The van der Waals surface area contributed by atoms with E-state index in [0.717, 1.165) is 10.9 Å². The SMILES string of the molecule is CC(C)(CBr)COCC(C)(C)C(=O)OCc1ccccc1. The zero-order chi connectivity index (χ0) is 15.9. The van der Waals surface area contributed by atoms with Crippen molar-refractivity contribution in [2.45, 2.75) is 34.3 Å². The summed E-state index contributed by atoms with van der Waals surface area (Å²) in [7, 11) is 0. The number of carbonyl (C=O) groups is 1. The third-order valence-electron chi connectivity index (χ3n) is 3.08. The Labute approximate surface area is 136 Å². The molecule has 0 aromatic heterocycles. The first kappa shape index (κ1) is 18.2. The Morgan fingerprint density at radius 1 is 1.10 bits per heavy atom. The first-order valence-corrected chi connectivity index (χ1v) is 8.24. The van der Waals surface area contributed by atoms with Gasteiger partial charge < -0.3 is 9.47 Å². The maximum Gasteiger partial charge on any atom is 0.314 e. The van der Waals surface area contributed by atoms with Crippen molar-refractivity contribution in [1.29, 1.82) is 0 Å². The van der Waals surface area contributed by atoms with E-state index in [2.05, 4.69) is 29.8 Å². The van der Waals surface area contributed by atoms with E-state index < -0.39 is 5.41 Å². The van der Waals surface area contributed by atoms with E-state index >= 15 is 0 Å². The molecule has 21 heavy (non-hydrogen) atoms. The van der Waals surface area contributed by atoms with Gasteiger partial charge in [-0.1, -0.05) is 60.1 Å². The molecule has 4 heteroatoms. The van der Waals surface area contributed by atoms with Crippen LogP contribution in [0, 0.1) is 10.8 Å². The minimum absolute atomic E-state index is 0.0595. The molecule has 1 aromatic carbocycles. The lowest BCUT2D eigenvalue weighted by molar-refractivity contribution is -0.159. The van der Waals surface area contributed by atoms with Crippen molar-refractivity contribution in [2.24, 2.45) is 10.8 Å². The van der Waals surface area contributed by atoms with Crippen LogP contribution in [0.2, 0.25) is 0 Å². The zero-order valence-corrected chi connectivity index (χ0v) is 14.9. The van der Waals surface area contributed by atoms with Crippen molar-refractivity contribution in [1.82, 2.24) is 0 Å². The van der Waals surface area contributed by atoms with Gasteiger partial charge in [0.15, 0.2) is 0 Å². The number of halogens is 1. The van der Waals surface area contributed by atoms with Crippen LogP contribution < -0.4 is 0 Å². The quantitative estimate of drug-likeness (QED) is 0.517. The molecule has 0 heterocycles. The lowest BCUT2D eigenvalue weighted by Gasteiger charge is -2.26. The fraction of sp³-hybridized carbons (Fsp3) is 0.588. The number of ether oxygens (including phenoxy) is 2. The van der Waals surface area contributed by atoms with E-state index in [4.69, 9.17) is 9.47 Å². The van der Waals surface area contributed by atoms with E-state index in [0.29, 0.717) is 19.8 Å². The van der Waals surface area contributed by atoms with Crippen LogP contribution in [0.3, 0.4) is 0 Å². The number of hydrogen-bond donors (Lipinski definition) is 0. The average Bonchev–Trinajstić information content (AvgIpc) is 2.45. The summed E-state index contributed by atoms with van der Waals surface area (Å²) in [6.07, 6.45) is 0. The zero-order valence-electron chi connectivity index (χ0n) is 13.3. The van der Waals surface area contributed by atoms with Gasteiger partial charge in [-0.25, -0.2) is 0 Å². The summed E-state index contributed by atoms with van der Waals surface area (Å²) in [6, 6.07) is 9.68. The molecule has 0 aliphatic heterocycles. The van der Waals surface area contributed by atoms with Crippen molar-refractivity contribution in [3.63, 3.8) is 0 Å². The molecule has 0 saturated heterocycles. The van der Waals surface area contributed by atoms with Crippen LogP contribution in [0.1, 0.15) is 33.3 Å². The summed E-state index contributed by atoms with van der Waals surface area (Å²) < 4.78 is 11.1. The third-order valence-corrected chi connectivity index (χ3v) is 4.60. The molecule has 0 unspecified atom stereocenters. The molecule has 0 saturated carbocycles. The van der Waals surface area contributed by atoms with Crippen molar-refractivity contribution in [3.05, 3.63) is 35.9 Å². The number of rotatable bonds is 8. The molecule has 0 atom stereocenters. The van der Waals surface area contributed by atoms with Crippen LogP contribution >= 0.6 is 15.9 Å². The van der Waals surface area contributed by atoms with Gasteiger partial charge in [0.05, 0.1) is 18.6 Å². The second-order valence-electron chi connectivity index (χ2n) is 6.74. The topological polar surface area (TPSA) is 35.5 Å². The fourth-order valence-corrected chi connectivity index (χ4v) is 1.76. The number of carbonyl (C=O) groups excluding carboxylic acids is 1. The number of benzene rings is 1. The summed E-state index contributed by atoms with van der Waals surface area (Å²) in [4.78, 5) is 12.2. The highest BCUT2D eigenvalue weighted by Gasteiger charge is 2.30. The van der Waals surface area contributed by atoms with Crippen LogP contribution in [0.15, 0.2) is 30.3 Å². The summed E-state index contributed by atoms with van der Waals surface area (Å²) in [5.41, 5.74) is 0.407. The van der Waals surface area contributed by atoms with Crippen molar-refractivity contribution in [3.8, 4) is 0 Å². The second kappa shape index (κ2) is 7.95. The molecule has 0 aliphatic rings. The smallest absolute Gasteiger partial charge is 0.314 e. The van der Waals surface area contributed by atoms with Gasteiger partial charge in [-0.3, -0.25) is 4.79 Å². The second-order valence-corrected chi connectivity index (χ2v) is 7.30. The molecule has 0 fully saturated rings. The predicted molar refractivity (Wildman–Crippen MR) is 88.4 cm³/mol. The highest BCUT2D eigenvalue weighted by atomic mass is 79.9. The van der Waals surface area contributed by atoms with Crippen LogP contribution in [0.4, 0.5) is 0 Å². The molecule has 0 radical (unpaired) electrons. The highest BCUT2D eigenvalue weighted by molar-refractivity contribution is 9.09. The van der Waals surface area contributed by atoms with E-state index in [1.165, 1.54) is 0 Å². The van der Waals surface area contributed by atoms with Gasteiger partial charge in [-0.05, 0) is 24.8 Å². The van der Waals surface area contributed by atoms with Gasteiger partial charge in [-0.15, -0.1) is 0 Å². The molecule has 0 spiro atoms. The molecule has 0 N–H and O–H groups in total. The molecule has 3 nitrogen and oxygen atoms in total. The van der Waals surface area contributed by atoms with Crippen LogP contribution in [-0.4, -0.2) is 24.5 Å². The Morgan fingerprint density at radius 2 is 1.71 bits per heavy atom. The minimum atomic E-state index is -0.642. The largest absolute Gasteiger partial charge is 0.460 e. The third kappa shape index (κ3) is 6.62. The van der Waals surface area contributed by atoms with E-state index in [1.54, 1.807) is 0 Å². The molecular formula is C17H25BrO3. The monoisotopic (exact) mass is 356 g/mol. The summed E-state index contributed by atoms with van der Waals surface area (Å²) in [5, 5.41) is 0.860. The van der Waals surface area contributed by atoms with E-state index in [1.807, 2.05) is 44.2 Å². The lowest BCUT2D eigenvalue weighted by atomic mass is 9.94. The maximum absolute atomic E-state index is 12.2. The molecule has 0 aliphatic carbocycles. The Kier molecular flexibility index (Phi) is 6.88. The van der Waals surface area contributed by atoms with Gasteiger partial charge in [-0.2, -0.15) is 0 Å². The van der Waals surface area contributed by atoms with Crippen molar-refractivity contribution in [2.75, 3.05) is 18.5 Å². The van der Waals surface area contributed by atoms with Gasteiger partial charge in [0.2, 0.25) is 0 Å². The molecule has 118 valence electrons. The van der Waals surface area contributed by atoms with Crippen LogP contribution in [0.25, 0.3) is 0 Å². The maximum atomic E-state index is 12.2. The summed E-state index contributed by atoms with van der Waals surface area (Å²) in [6.45, 7) is 9.19. The number of esters is 1. The lowest BCUT2D eigenvalue weighted by Crippen LogP contribution is -2.33. The van der Waals surface area contributed by atoms with Gasteiger partial charge in [0, 0.05) is 5.33 Å². The Bertz CT molecular complexity index is 441. The van der Waals surface area contributed by atoms with Crippen LogP contribution in [-0.2, 0) is 20.9 Å². The first-order valence-electron chi connectivity index (χ1n) is 7.12. The molecule has 1 aromatic rings. The summed E-state index contributed by atoms with van der Waals surface area (Å²) in [5.74, 6) is -0.233. The van der Waals surface area contributed by atoms with Crippen molar-refractivity contribution >= 4 is 21.9 Å². The van der Waals surface area contributed by atoms with Crippen molar-refractivity contribution < 1.29 is 14.3 Å². The highest BCUT2D eigenvalue weighted by Crippen LogP contribution is 2.23. The normalized spacial score (nSPS) is 12.2. The fourth-order valence-electron chi connectivity index (χ4n) is 1.60. The number of hydrogen-bond acceptors (Lipinski definition) is 3. The molecule has 0 bridgehead atoms. The average molecular weight is 357 g/mol. The first-order chi connectivity index (χ1) is 9.77. The van der Waals surface area contributed by atoms with E-state index in [-0.39, 0.29) is 11.4 Å². The molecule has 1 rings (SSSR count). The van der Waals surface area contributed by atoms with Gasteiger partial charge >= 0.3 is 5.97 Å². The standard InChI is InChI=1S/C17H25BrO3/c1-16(2,11-18)12-20-13-17(3,4)15(19)21-10-14-8-6-5-7-9-14/h5-9H,10-13H2,1-4H3. The molecule has 0 amide bonds. The number of alkyl halides is 1. The minimum Gasteiger partial charge on any atom is -0.460 e. The molecular weight excluding hydrogens is 332 g/mol. The predicted octanol–water partition coefficient (Wildman–Crippen LogP) is 4.19. The summed E-state index contributed by atoms with van der Waals surface area (Å²) >= 11 is 3.46. The Morgan fingerprint density at radius 3 is 2.29 bits per heavy atom. The Balaban J connectivity index is 2.40. The van der Waals surface area contributed by atoms with Crippen LogP contribution in [0.5, 0.6) is 0 Å². The van der Waals surface area contributed by atoms with E-state index in [9.17, 15) is 4.79 Å². The Hall–Kier alpha value is -0.870. The van der Waals surface area contributed by atoms with Gasteiger partial charge in [0.1, 0.15) is 6.61 Å².